The molecule has 0 atom stereocenters. The number of pyridine rings is 1. The van der Waals surface area contributed by atoms with Crippen molar-refractivity contribution in [1.82, 2.24) is 10.3 Å². The summed E-state index contributed by atoms with van der Waals surface area (Å²) in [7, 11) is 0. The SMILES string of the molecule is CCC(=O)NCc1cc(C)ccn1.[HH]. The van der Waals surface area contributed by atoms with Gasteiger partial charge in [-0.25, -0.2) is 0 Å². The summed E-state index contributed by atoms with van der Waals surface area (Å²) in [6, 6.07) is 3.90. The molecule has 0 saturated heterocycles. The van der Waals surface area contributed by atoms with Crippen LogP contribution in [0, 0.1) is 6.92 Å². The Hall–Kier alpha value is -1.38. The topological polar surface area (TPSA) is 42.0 Å². The fourth-order valence-corrected chi connectivity index (χ4v) is 1.01. The molecular weight excluding hydrogens is 164 g/mol. The molecule has 0 aliphatic carbocycles. The van der Waals surface area contributed by atoms with Crippen molar-refractivity contribution in [2.24, 2.45) is 0 Å². The van der Waals surface area contributed by atoms with Gasteiger partial charge < -0.3 is 5.32 Å². The van der Waals surface area contributed by atoms with E-state index in [-0.39, 0.29) is 7.33 Å². The van der Waals surface area contributed by atoms with Gasteiger partial charge >= 0.3 is 0 Å². The van der Waals surface area contributed by atoms with Crippen molar-refractivity contribution in [1.29, 1.82) is 0 Å². The molecule has 1 heterocycles. The molecule has 3 heteroatoms. The number of amides is 1. The fourth-order valence-electron chi connectivity index (χ4n) is 1.01. The first-order chi connectivity index (χ1) is 6.22. The van der Waals surface area contributed by atoms with E-state index in [1.807, 2.05) is 26.0 Å². The van der Waals surface area contributed by atoms with Crippen molar-refractivity contribution in [2.75, 3.05) is 0 Å². The first-order valence-corrected chi connectivity index (χ1v) is 4.40. The standard InChI is InChI=1S/C10H14N2O.H2/c1-3-10(13)12-7-9-6-8(2)4-5-11-9;/h4-6H,3,7H2,1-2H3,(H,12,13);1H. The van der Waals surface area contributed by atoms with Crippen molar-refractivity contribution in [3.05, 3.63) is 29.6 Å². The van der Waals surface area contributed by atoms with E-state index in [2.05, 4.69) is 10.3 Å². The second kappa shape index (κ2) is 4.60. The third kappa shape index (κ3) is 3.23. The number of nitrogens with one attached hydrogen (secondary N) is 1. The number of aryl methyl sites for hydroxylation is 1. The van der Waals surface area contributed by atoms with Crippen LogP contribution in [0.4, 0.5) is 0 Å². The van der Waals surface area contributed by atoms with Crippen LogP contribution in [0.5, 0.6) is 0 Å². The quantitative estimate of drug-likeness (QED) is 0.768. The van der Waals surface area contributed by atoms with Gasteiger partial charge in [-0.3, -0.25) is 9.78 Å². The van der Waals surface area contributed by atoms with Crippen molar-refractivity contribution in [3.63, 3.8) is 0 Å². The number of carbonyl (C=O) groups is 1. The molecule has 0 fully saturated rings. The van der Waals surface area contributed by atoms with Crippen LogP contribution in [0.25, 0.3) is 0 Å². The lowest BCUT2D eigenvalue weighted by Crippen LogP contribution is -2.21. The Labute approximate surface area is 79.7 Å². The van der Waals surface area contributed by atoms with Crippen LogP contribution in [-0.4, -0.2) is 10.9 Å². The minimum absolute atomic E-state index is 0. The van der Waals surface area contributed by atoms with E-state index in [0.717, 1.165) is 11.3 Å². The average Bonchev–Trinajstić information content (AvgIpc) is 2.14. The monoisotopic (exact) mass is 180 g/mol. The van der Waals surface area contributed by atoms with Crippen LogP contribution in [0.1, 0.15) is 26.0 Å². The summed E-state index contributed by atoms with van der Waals surface area (Å²) in [4.78, 5) is 15.1. The van der Waals surface area contributed by atoms with Crippen molar-refractivity contribution < 1.29 is 6.22 Å². The van der Waals surface area contributed by atoms with Gasteiger partial charge in [0.05, 0.1) is 12.2 Å². The highest BCUT2D eigenvalue weighted by atomic mass is 16.1. The van der Waals surface area contributed by atoms with Gasteiger partial charge in [0, 0.05) is 14.0 Å². The number of aromatic nitrogens is 1. The van der Waals surface area contributed by atoms with Crippen LogP contribution in [0.2, 0.25) is 0 Å². The zero-order chi connectivity index (χ0) is 9.68. The first kappa shape index (κ1) is 9.71. The molecule has 0 spiro atoms. The molecule has 0 aromatic carbocycles. The van der Waals surface area contributed by atoms with E-state index < -0.39 is 0 Å². The maximum Gasteiger partial charge on any atom is 0.220 e. The summed E-state index contributed by atoms with van der Waals surface area (Å²) < 4.78 is 0. The molecule has 1 rings (SSSR count). The number of hydrogen-bond donors (Lipinski definition) is 1. The molecule has 0 radical (unpaired) electrons. The summed E-state index contributed by atoms with van der Waals surface area (Å²) in [5, 5.41) is 2.77. The second-order valence-corrected chi connectivity index (χ2v) is 2.95. The number of hydrogen-bond acceptors (Lipinski definition) is 2. The Bertz CT molecular complexity index is 302. The normalized spacial score (nSPS) is 9.69. The van der Waals surface area contributed by atoms with Gasteiger partial charge in [-0.2, -0.15) is 0 Å². The lowest BCUT2D eigenvalue weighted by Gasteiger charge is -2.02. The summed E-state index contributed by atoms with van der Waals surface area (Å²) in [5.74, 6) is 0.0586. The fraction of sp³-hybridized carbons (Fsp3) is 0.400. The lowest BCUT2D eigenvalue weighted by molar-refractivity contribution is -0.120. The van der Waals surface area contributed by atoms with Crippen LogP contribution in [-0.2, 0) is 11.3 Å². The van der Waals surface area contributed by atoms with Gasteiger partial charge in [-0.15, -0.1) is 0 Å². The minimum Gasteiger partial charge on any atom is -0.350 e. The molecule has 1 aromatic heterocycles. The lowest BCUT2D eigenvalue weighted by atomic mass is 10.2. The van der Waals surface area contributed by atoms with Crippen molar-refractivity contribution in [2.45, 2.75) is 26.8 Å². The van der Waals surface area contributed by atoms with Gasteiger partial charge in [-0.05, 0) is 24.6 Å². The van der Waals surface area contributed by atoms with Crippen molar-refractivity contribution >= 4 is 5.91 Å². The molecular formula is C10H16N2O. The van der Waals surface area contributed by atoms with Crippen LogP contribution < -0.4 is 5.32 Å². The molecule has 1 amide bonds. The van der Waals surface area contributed by atoms with Gasteiger partial charge in [0.15, 0.2) is 0 Å². The van der Waals surface area contributed by atoms with E-state index in [4.69, 9.17) is 0 Å². The average molecular weight is 180 g/mol. The second-order valence-electron chi connectivity index (χ2n) is 2.95. The molecule has 0 saturated carbocycles. The van der Waals surface area contributed by atoms with Crippen LogP contribution in [0.3, 0.4) is 0 Å². The van der Waals surface area contributed by atoms with E-state index in [1.54, 1.807) is 6.20 Å². The highest BCUT2D eigenvalue weighted by molar-refractivity contribution is 5.75. The van der Waals surface area contributed by atoms with Crippen molar-refractivity contribution in [3.8, 4) is 0 Å². The first-order valence-electron chi connectivity index (χ1n) is 4.40. The van der Waals surface area contributed by atoms with E-state index >= 15 is 0 Å². The molecule has 0 aliphatic rings. The predicted molar refractivity (Wildman–Crippen MR) is 53.2 cm³/mol. The third-order valence-electron chi connectivity index (χ3n) is 1.76. The van der Waals surface area contributed by atoms with Gasteiger partial charge in [0.25, 0.3) is 0 Å². The third-order valence-corrected chi connectivity index (χ3v) is 1.76. The molecule has 72 valence electrons. The van der Waals surface area contributed by atoms with Gasteiger partial charge in [0.1, 0.15) is 0 Å². The Morgan fingerprint density at radius 2 is 2.46 bits per heavy atom. The highest BCUT2D eigenvalue weighted by Crippen LogP contribution is 1.99. The highest BCUT2D eigenvalue weighted by Gasteiger charge is 1.97. The van der Waals surface area contributed by atoms with E-state index in [9.17, 15) is 4.79 Å². The van der Waals surface area contributed by atoms with E-state index in [0.29, 0.717) is 13.0 Å². The molecule has 1 N–H and O–H groups in total. The maximum atomic E-state index is 10.9. The Morgan fingerprint density at radius 1 is 1.69 bits per heavy atom. The summed E-state index contributed by atoms with van der Waals surface area (Å²) in [6.45, 7) is 4.36. The Morgan fingerprint density at radius 3 is 3.08 bits per heavy atom. The van der Waals surface area contributed by atoms with Gasteiger partial charge in [-0.1, -0.05) is 6.92 Å². The maximum absolute atomic E-state index is 10.9. The smallest absolute Gasteiger partial charge is 0.220 e. The molecule has 1 aromatic rings. The summed E-state index contributed by atoms with van der Waals surface area (Å²) in [5.41, 5.74) is 2.07. The molecule has 0 unspecified atom stereocenters. The zero-order valence-corrected chi connectivity index (χ0v) is 8.00. The Kier molecular flexibility index (Phi) is 3.43. The molecule has 13 heavy (non-hydrogen) atoms. The zero-order valence-electron chi connectivity index (χ0n) is 8.00. The van der Waals surface area contributed by atoms with E-state index in [1.165, 1.54) is 0 Å². The number of nitrogens with zero attached hydrogens (tertiary/aromatic N) is 1. The number of carbonyl (C=O) groups excluding carboxylic acids is 1. The summed E-state index contributed by atoms with van der Waals surface area (Å²) in [6.07, 6.45) is 2.27. The van der Waals surface area contributed by atoms with Crippen LogP contribution in [0.15, 0.2) is 18.3 Å². The molecule has 0 aliphatic heterocycles. The minimum atomic E-state index is 0. The Balaban J connectivity index is 0.00000169. The van der Waals surface area contributed by atoms with Gasteiger partial charge in [0.2, 0.25) is 5.91 Å². The summed E-state index contributed by atoms with van der Waals surface area (Å²) >= 11 is 0. The predicted octanol–water partition coefficient (Wildman–Crippen LogP) is 1.66. The molecule has 0 bridgehead atoms. The molecule has 3 nitrogen and oxygen atoms in total. The number of rotatable bonds is 3. The van der Waals surface area contributed by atoms with Crippen LogP contribution >= 0.6 is 0 Å². The largest absolute Gasteiger partial charge is 0.350 e.